The molecule has 3 aromatic rings. The Morgan fingerprint density at radius 2 is 1.70 bits per heavy atom. The fourth-order valence-electron chi connectivity index (χ4n) is 3.13. The Kier molecular flexibility index (Phi) is 6.51. The summed E-state index contributed by atoms with van der Waals surface area (Å²) in [6.45, 7) is 6.25. The molecule has 2 aromatic carbocycles. The Morgan fingerprint density at radius 1 is 1.00 bits per heavy atom. The fourth-order valence-corrected chi connectivity index (χ4v) is 3.13. The molecule has 1 aromatic heterocycles. The van der Waals surface area contributed by atoms with Gasteiger partial charge in [0.15, 0.2) is 0 Å². The van der Waals surface area contributed by atoms with Gasteiger partial charge in [0, 0.05) is 19.3 Å². The lowest BCUT2D eigenvalue weighted by atomic mass is 10.1. The molecule has 7 heteroatoms. The lowest BCUT2D eigenvalue weighted by molar-refractivity contribution is -0.114. The Labute approximate surface area is 176 Å². The predicted octanol–water partition coefficient (Wildman–Crippen LogP) is 3.33. The first-order chi connectivity index (χ1) is 14.3. The number of carbonyl (C=O) groups is 2. The van der Waals surface area contributed by atoms with Crippen LogP contribution in [0.2, 0.25) is 0 Å². The molecule has 1 heterocycles. The van der Waals surface area contributed by atoms with E-state index in [1.807, 2.05) is 58.2 Å². The van der Waals surface area contributed by atoms with Crippen molar-refractivity contribution in [3.63, 3.8) is 0 Å². The van der Waals surface area contributed by atoms with Gasteiger partial charge in [-0.05, 0) is 38.5 Å². The smallest absolute Gasteiger partial charge is 0.253 e. The highest BCUT2D eigenvalue weighted by Crippen LogP contribution is 2.19. The minimum absolute atomic E-state index is 0.0377. The van der Waals surface area contributed by atoms with E-state index < -0.39 is 0 Å². The van der Waals surface area contributed by atoms with E-state index in [0.29, 0.717) is 23.5 Å². The molecule has 0 radical (unpaired) electrons. The van der Waals surface area contributed by atoms with Crippen LogP contribution >= 0.6 is 0 Å². The second-order valence-electron chi connectivity index (χ2n) is 7.29. The molecular weight excluding hydrogens is 378 g/mol. The molecule has 0 bridgehead atoms. The molecular formula is C23H27N5O2. The lowest BCUT2D eigenvalue weighted by Gasteiger charge is -2.13. The number of anilines is 2. The minimum Gasteiger partial charge on any atom is -0.376 e. The molecule has 0 unspecified atom stereocenters. The number of hydrogen-bond donors (Lipinski definition) is 3. The monoisotopic (exact) mass is 405 g/mol. The zero-order valence-electron chi connectivity index (χ0n) is 17.7. The molecule has 0 saturated heterocycles. The summed E-state index contributed by atoms with van der Waals surface area (Å²) in [5.41, 5.74) is 5.67. The van der Waals surface area contributed by atoms with Crippen LogP contribution in [0.5, 0.6) is 0 Å². The molecule has 0 atom stereocenters. The molecule has 0 fully saturated rings. The summed E-state index contributed by atoms with van der Waals surface area (Å²) in [5.74, 6) is -0.401. The van der Waals surface area contributed by atoms with Crippen LogP contribution in [0.1, 0.15) is 32.9 Å². The van der Waals surface area contributed by atoms with Gasteiger partial charge in [0.2, 0.25) is 5.91 Å². The topological polar surface area (TPSA) is 88.1 Å². The summed E-state index contributed by atoms with van der Waals surface area (Å²) >= 11 is 0. The average molecular weight is 406 g/mol. The van der Waals surface area contributed by atoms with Crippen molar-refractivity contribution >= 4 is 23.2 Å². The summed E-state index contributed by atoms with van der Waals surface area (Å²) in [4.78, 5) is 25.1. The van der Waals surface area contributed by atoms with Crippen molar-refractivity contribution in [3.8, 4) is 0 Å². The highest BCUT2D eigenvalue weighted by Gasteiger charge is 2.14. The van der Waals surface area contributed by atoms with Crippen molar-refractivity contribution in [3.05, 3.63) is 76.6 Å². The summed E-state index contributed by atoms with van der Waals surface area (Å²) in [7, 11) is 1.84. The van der Waals surface area contributed by atoms with E-state index in [-0.39, 0.29) is 18.4 Å². The van der Waals surface area contributed by atoms with Crippen molar-refractivity contribution in [2.45, 2.75) is 27.3 Å². The van der Waals surface area contributed by atoms with E-state index in [0.717, 1.165) is 17.0 Å². The Morgan fingerprint density at radius 3 is 2.37 bits per heavy atom. The van der Waals surface area contributed by atoms with E-state index in [9.17, 15) is 9.59 Å². The van der Waals surface area contributed by atoms with Crippen LogP contribution < -0.4 is 16.0 Å². The maximum atomic E-state index is 12.7. The van der Waals surface area contributed by atoms with Crippen molar-refractivity contribution in [2.75, 3.05) is 17.2 Å². The Hall–Kier alpha value is -3.61. The first-order valence-electron chi connectivity index (χ1n) is 9.82. The Bertz CT molecular complexity index is 1050. The number of nitrogens with one attached hydrogen (secondary N) is 3. The highest BCUT2D eigenvalue weighted by atomic mass is 16.2. The first-order valence-corrected chi connectivity index (χ1v) is 9.82. The molecule has 0 aliphatic rings. The van der Waals surface area contributed by atoms with Gasteiger partial charge in [-0.2, -0.15) is 5.10 Å². The molecule has 2 amide bonds. The zero-order valence-corrected chi connectivity index (χ0v) is 17.7. The van der Waals surface area contributed by atoms with E-state index >= 15 is 0 Å². The van der Waals surface area contributed by atoms with E-state index in [4.69, 9.17) is 0 Å². The normalized spacial score (nSPS) is 10.5. The molecule has 7 nitrogen and oxygen atoms in total. The number of rotatable bonds is 7. The van der Waals surface area contributed by atoms with Gasteiger partial charge in [0.1, 0.15) is 0 Å². The number of hydrogen-bond acceptors (Lipinski definition) is 4. The molecule has 0 aliphatic carbocycles. The number of amides is 2. The van der Waals surface area contributed by atoms with Crippen LogP contribution in [0.3, 0.4) is 0 Å². The van der Waals surface area contributed by atoms with Crippen LogP contribution in [0.15, 0.2) is 48.5 Å². The van der Waals surface area contributed by atoms with Crippen LogP contribution in [-0.2, 0) is 18.4 Å². The van der Waals surface area contributed by atoms with Crippen molar-refractivity contribution in [1.82, 2.24) is 15.1 Å². The molecule has 0 aliphatic heterocycles. The summed E-state index contributed by atoms with van der Waals surface area (Å²) in [6, 6.07) is 15.2. The minimum atomic E-state index is -0.205. The Balaban J connectivity index is 1.61. The molecule has 30 heavy (non-hydrogen) atoms. The molecule has 0 spiro atoms. The average Bonchev–Trinajstić information content (AvgIpc) is 2.97. The largest absolute Gasteiger partial charge is 0.376 e. The van der Waals surface area contributed by atoms with Gasteiger partial charge in [-0.15, -0.1) is 0 Å². The number of aromatic nitrogens is 2. The number of benzene rings is 2. The van der Waals surface area contributed by atoms with E-state index in [2.05, 4.69) is 21.0 Å². The SMILES string of the molecule is Cc1ccc(CNC(=O)c2ccccc2NCC(=O)Nc2c(C)nn(C)c2C)cc1. The van der Waals surface area contributed by atoms with Gasteiger partial charge >= 0.3 is 0 Å². The maximum absolute atomic E-state index is 12.7. The number of carbonyl (C=O) groups excluding carboxylic acids is 2. The quantitative estimate of drug-likeness (QED) is 0.563. The maximum Gasteiger partial charge on any atom is 0.253 e. The molecule has 156 valence electrons. The summed E-state index contributed by atoms with van der Waals surface area (Å²) in [5, 5.41) is 13.2. The third-order valence-electron chi connectivity index (χ3n) is 4.96. The second kappa shape index (κ2) is 9.26. The number of para-hydroxylation sites is 1. The fraction of sp³-hybridized carbons (Fsp3) is 0.261. The standard InChI is InChI=1S/C23H27N5O2/c1-15-9-11-18(12-10-15)13-25-23(30)19-7-5-6-8-20(19)24-14-21(29)26-22-16(2)27-28(4)17(22)3/h5-12,24H,13-14H2,1-4H3,(H,25,30)(H,26,29). The van der Waals surface area contributed by atoms with Gasteiger partial charge in [-0.1, -0.05) is 42.0 Å². The lowest BCUT2D eigenvalue weighted by Crippen LogP contribution is -2.26. The van der Waals surface area contributed by atoms with Crippen molar-refractivity contribution in [1.29, 1.82) is 0 Å². The third kappa shape index (κ3) is 5.05. The van der Waals surface area contributed by atoms with Gasteiger partial charge in [0.05, 0.1) is 29.2 Å². The van der Waals surface area contributed by atoms with Gasteiger partial charge in [-0.3, -0.25) is 14.3 Å². The number of nitrogens with zero attached hydrogens (tertiary/aromatic N) is 2. The highest BCUT2D eigenvalue weighted by molar-refractivity contribution is 6.01. The summed E-state index contributed by atoms with van der Waals surface area (Å²) < 4.78 is 1.73. The molecule has 0 saturated carbocycles. The van der Waals surface area contributed by atoms with Gasteiger partial charge < -0.3 is 16.0 Å². The molecule has 3 N–H and O–H groups in total. The van der Waals surface area contributed by atoms with Crippen LogP contribution in [0, 0.1) is 20.8 Å². The predicted molar refractivity (Wildman–Crippen MR) is 119 cm³/mol. The van der Waals surface area contributed by atoms with Gasteiger partial charge in [0.25, 0.3) is 5.91 Å². The summed E-state index contributed by atoms with van der Waals surface area (Å²) in [6.07, 6.45) is 0. The van der Waals surface area contributed by atoms with E-state index in [1.165, 1.54) is 5.56 Å². The first kappa shape index (κ1) is 21.1. The van der Waals surface area contributed by atoms with E-state index in [1.54, 1.807) is 22.9 Å². The second-order valence-corrected chi connectivity index (χ2v) is 7.29. The van der Waals surface area contributed by atoms with Crippen molar-refractivity contribution in [2.24, 2.45) is 7.05 Å². The number of aryl methyl sites for hydroxylation is 3. The zero-order chi connectivity index (χ0) is 21.7. The van der Waals surface area contributed by atoms with Crippen molar-refractivity contribution < 1.29 is 9.59 Å². The van der Waals surface area contributed by atoms with Crippen LogP contribution in [0.25, 0.3) is 0 Å². The van der Waals surface area contributed by atoms with Gasteiger partial charge in [-0.25, -0.2) is 0 Å². The van der Waals surface area contributed by atoms with Crippen LogP contribution in [0.4, 0.5) is 11.4 Å². The molecule has 3 rings (SSSR count). The third-order valence-corrected chi connectivity index (χ3v) is 4.96. The van der Waals surface area contributed by atoms with Crippen LogP contribution in [-0.4, -0.2) is 28.1 Å².